The van der Waals surface area contributed by atoms with Crippen molar-refractivity contribution in [2.75, 3.05) is 18.8 Å². The van der Waals surface area contributed by atoms with Crippen molar-refractivity contribution < 1.29 is 9.90 Å². The number of aliphatic hydroxyl groups is 1. The van der Waals surface area contributed by atoms with Gasteiger partial charge in [-0.15, -0.1) is 0 Å². The van der Waals surface area contributed by atoms with E-state index >= 15 is 0 Å². The fourth-order valence-electron chi connectivity index (χ4n) is 2.29. The number of β-amino-alcohol motifs (C(OH)–C–C–N with tert-alkyl or cyclic N) is 1. The van der Waals surface area contributed by atoms with Gasteiger partial charge in [0.15, 0.2) is 0 Å². The molecule has 3 N–H and O–H groups in total. The summed E-state index contributed by atoms with van der Waals surface area (Å²) in [7, 11) is 0. The van der Waals surface area contributed by atoms with Gasteiger partial charge < -0.3 is 15.7 Å². The van der Waals surface area contributed by atoms with Crippen LogP contribution in [-0.2, 0) is 4.79 Å². The molecule has 0 bridgehead atoms. The number of nitrogens with zero attached hydrogens (tertiary/aromatic N) is 1. The zero-order chi connectivity index (χ0) is 13.3. The molecule has 1 amide bonds. The molecule has 0 aromatic heterocycles. The Hall–Kier alpha value is -1.55. The summed E-state index contributed by atoms with van der Waals surface area (Å²) < 4.78 is 0. The highest BCUT2D eigenvalue weighted by atomic mass is 16.3. The molecule has 1 atom stereocenters. The average Bonchev–Trinajstić information content (AvgIpc) is 2.26. The van der Waals surface area contributed by atoms with Crippen molar-refractivity contribution in [2.24, 2.45) is 0 Å². The Morgan fingerprint density at radius 2 is 2.00 bits per heavy atom. The minimum Gasteiger partial charge on any atom is -0.399 e. The molecule has 1 fully saturated rings. The van der Waals surface area contributed by atoms with Crippen molar-refractivity contribution in [3.05, 3.63) is 29.8 Å². The smallest absolute Gasteiger partial charge is 0.223 e. The molecule has 0 aliphatic carbocycles. The minimum absolute atomic E-state index is 0.103. The van der Waals surface area contributed by atoms with Crippen molar-refractivity contribution >= 4 is 11.6 Å². The van der Waals surface area contributed by atoms with Gasteiger partial charge in [0.2, 0.25) is 5.91 Å². The Kier molecular flexibility index (Phi) is 3.30. The highest BCUT2D eigenvalue weighted by molar-refractivity contribution is 5.78. The molecule has 1 aromatic rings. The fourth-order valence-corrected chi connectivity index (χ4v) is 2.29. The fraction of sp³-hybridized carbons (Fsp3) is 0.500. The predicted octanol–water partition coefficient (Wildman–Crippen LogP) is 1.36. The number of nitrogens with two attached hydrogens (primary N) is 1. The summed E-state index contributed by atoms with van der Waals surface area (Å²) in [6.07, 6.45) is 0.472. The van der Waals surface area contributed by atoms with Gasteiger partial charge in [-0.3, -0.25) is 4.79 Å². The normalized spacial score (nSPS) is 19.2. The number of likely N-dealkylation sites (tertiary alicyclic amines) is 1. The zero-order valence-electron chi connectivity index (χ0n) is 10.9. The number of hydrogen-bond acceptors (Lipinski definition) is 3. The molecule has 1 heterocycles. The zero-order valence-corrected chi connectivity index (χ0v) is 10.9. The second kappa shape index (κ2) is 4.61. The van der Waals surface area contributed by atoms with E-state index in [0.717, 1.165) is 11.3 Å². The Balaban J connectivity index is 1.90. The van der Waals surface area contributed by atoms with E-state index in [1.165, 1.54) is 0 Å². The van der Waals surface area contributed by atoms with Gasteiger partial charge in [0.05, 0.1) is 18.7 Å². The molecule has 1 aliphatic heterocycles. The van der Waals surface area contributed by atoms with Crippen LogP contribution in [0, 0.1) is 0 Å². The second-order valence-electron chi connectivity index (χ2n) is 5.52. The summed E-state index contributed by atoms with van der Waals surface area (Å²) >= 11 is 0. The third kappa shape index (κ3) is 2.82. The topological polar surface area (TPSA) is 66.6 Å². The highest BCUT2D eigenvalue weighted by Gasteiger charge is 2.39. The van der Waals surface area contributed by atoms with E-state index in [-0.39, 0.29) is 11.8 Å². The Labute approximate surface area is 107 Å². The average molecular weight is 248 g/mol. The molecule has 4 heteroatoms. The monoisotopic (exact) mass is 248 g/mol. The van der Waals surface area contributed by atoms with Crippen molar-refractivity contribution in [3.8, 4) is 0 Å². The lowest BCUT2D eigenvalue weighted by molar-refractivity contribution is -0.152. The van der Waals surface area contributed by atoms with Gasteiger partial charge in [0.25, 0.3) is 0 Å². The minimum atomic E-state index is -0.694. The molecule has 4 nitrogen and oxygen atoms in total. The molecule has 1 aromatic carbocycles. The van der Waals surface area contributed by atoms with Crippen molar-refractivity contribution in [1.82, 2.24) is 4.90 Å². The molecule has 0 radical (unpaired) electrons. The summed E-state index contributed by atoms with van der Waals surface area (Å²) in [4.78, 5) is 13.7. The first-order valence-electron chi connectivity index (χ1n) is 6.23. The summed E-state index contributed by atoms with van der Waals surface area (Å²) in [6.45, 7) is 4.67. The van der Waals surface area contributed by atoms with Gasteiger partial charge in [0, 0.05) is 12.1 Å². The van der Waals surface area contributed by atoms with Crippen LogP contribution in [0.3, 0.4) is 0 Å². The van der Waals surface area contributed by atoms with Crippen LogP contribution < -0.4 is 5.73 Å². The van der Waals surface area contributed by atoms with E-state index in [2.05, 4.69) is 0 Å². The van der Waals surface area contributed by atoms with Crippen LogP contribution in [0.15, 0.2) is 24.3 Å². The third-order valence-corrected chi connectivity index (χ3v) is 3.40. The largest absolute Gasteiger partial charge is 0.399 e. The van der Waals surface area contributed by atoms with Gasteiger partial charge in [-0.05, 0) is 30.5 Å². The molecule has 1 unspecified atom stereocenters. The summed E-state index contributed by atoms with van der Waals surface area (Å²) in [5.74, 6) is 0.273. The van der Waals surface area contributed by atoms with Crippen LogP contribution in [0.1, 0.15) is 31.7 Å². The number of nitrogen functional groups attached to an aromatic ring is 1. The van der Waals surface area contributed by atoms with Gasteiger partial charge in [-0.2, -0.15) is 0 Å². The van der Waals surface area contributed by atoms with Crippen LogP contribution >= 0.6 is 0 Å². The second-order valence-corrected chi connectivity index (χ2v) is 5.52. The summed E-state index contributed by atoms with van der Waals surface area (Å²) in [6, 6.07) is 7.62. The lowest BCUT2D eigenvalue weighted by atomic mass is 9.93. The first-order valence-corrected chi connectivity index (χ1v) is 6.23. The van der Waals surface area contributed by atoms with Crippen LogP contribution in [-0.4, -0.2) is 34.6 Å². The van der Waals surface area contributed by atoms with Crippen molar-refractivity contribution in [3.63, 3.8) is 0 Å². The van der Waals surface area contributed by atoms with Crippen LogP contribution in [0.25, 0.3) is 0 Å². The molecule has 1 aliphatic rings. The molecule has 98 valence electrons. The lowest BCUT2D eigenvalue weighted by Crippen LogP contribution is -2.61. The lowest BCUT2D eigenvalue weighted by Gasteiger charge is -2.44. The van der Waals surface area contributed by atoms with E-state index in [4.69, 9.17) is 5.73 Å². The Morgan fingerprint density at radius 3 is 2.50 bits per heavy atom. The number of hydrogen-bond donors (Lipinski definition) is 2. The standard InChI is InChI=1S/C14H20N2O2/c1-10(11-3-5-12(15)6-4-11)7-13(17)16-8-14(2,18)9-16/h3-6,10,18H,7-9,15H2,1-2H3. The van der Waals surface area contributed by atoms with Gasteiger partial charge >= 0.3 is 0 Å². The van der Waals surface area contributed by atoms with Crippen LogP contribution in [0.4, 0.5) is 5.69 Å². The maximum atomic E-state index is 12.0. The summed E-state index contributed by atoms with van der Waals surface area (Å²) in [5.41, 5.74) is 6.79. The quantitative estimate of drug-likeness (QED) is 0.794. The molecule has 2 rings (SSSR count). The Morgan fingerprint density at radius 1 is 1.44 bits per heavy atom. The number of anilines is 1. The number of carbonyl (C=O) groups is 1. The van der Waals surface area contributed by atoms with E-state index in [1.54, 1.807) is 11.8 Å². The maximum Gasteiger partial charge on any atom is 0.223 e. The van der Waals surface area contributed by atoms with Gasteiger partial charge in [-0.25, -0.2) is 0 Å². The molecule has 1 saturated heterocycles. The molecular formula is C14H20N2O2. The van der Waals surface area contributed by atoms with E-state index in [9.17, 15) is 9.90 Å². The maximum absolute atomic E-state index is 12.0. The molecule has 0 spiro atoms. The number of benzene rings is 1. The van der Waals surface area contributed by atoms with Crippen molar-refractivity contribution in [2.45, 2.75) is 31.8 Å². The predicted molar refractivity (Wildman–Crippen MR) is 71.1 cm³/mol. The number of carbonyl (C=O) groups excluding carboxylic acids is 1. The molecular weight excluding hydrogens is 228 g/mol. The van der Waals surface area contributed by atoms with Crippen LogP contribution in [0.5, 0.6) is 0 Å². The molecule has 0 saturated carbocycles. The number of rotatable bonds is 3. The highest BCUT2D eigenvalue weighted by Crippen LogP contribution is 2.25. The van der Waals surface area contributed by atoms with E-state index < -0.39 is 5.60 Å². The van der Waals surface area contributed by atoms with E-state index in [0.29, 0.717) is 19.5 Å². The van der Waals surface area contributed by atoms with Crippen LogP contribution in [0.2, 0.25) is 0 Å². The van der Waals surface area contributed by atoms with Gasteiger partial charge in [-0.1, -0.05) is 19.1 Å². The Bertz CT molecular complexity index is 432. The first-order chi connectivity index (χ1) is 8.37. The third-order valence-electron chi connectivity index (χ3n) is 3.40. The number of amides is 1. The van der Waals surface area contributed by atoms with Gasteiger partial charge in [0.1, 0.15) is 0 Å². The SMILES string of the molecule is CC(CC(=O)N1CC(C)(O)C1)c1ccc(N)cc1. The molecule has 18 heavy (non-hydrogen) atoms. The first kappa shape index (κ1) is 12.9. The van der Waals surface area contributed by atoms with Crippen molar-refractivity contribution in [1.29, 1.82) is 0 Å². The summed E-state index contributed by atoms with van der Waals surface area (Å²) in [5, 5.41) is 9.61. The van der Waals surface area contributed by atoms with E-state index in [1.807, 2.05) is 31.2 Å².